The molecule has 0 spiro atoms. The van der Waals surface area contributed by atoms with Gasteiger partial charge in [0.2, 0.25) is 0 Å². The van der Waals surface area contributed by atoms with Gasteiger partial charge in [-0.1, -0.05) is 26.7 Å². The number of rotatable bonds is 11. The highest BCUT2D eigenvalue weighted by molar-refractivity contribution is 5.06. The third-order valence-corrected chi connectivity index (χ3v) is 3.79. The summed E-state index contributed by atoms with van der Waals surface area (Å²) >= 11 is 0. The fourth-order valence-electron chi connectivity index (χ4n) is 2.16. The highest BCUT2D eigenvalue weighted by atomic mass is 16.5. The minimum atomic E-state index is -0.337. The van der Waals surface area contributed by atoms with Crippen molar-refractivity contribution < 1.29 is 4.74 Å². The number of nitrogens with zero attached hydrogens (tertiary/aromatic N) is 1. The molecule has 0 saturated heterocycles. The first-order valence-corrected chi connectivity index (χ1v) is 7.50. The van der Waals surface area contributed by atoms with Gasteiger partial charge in [-0.2, -0.15) is 5.26 Å². The minimum absolute atomic E-state index is 0.337. The zero-order valence-corrected chi connectivity index (χ0v) is 12.0. The zero-order chi connectivity index (χ0) is 13.3. The first kappa shape index (κ1) is 15.5. The summed E-state index contributed by atoms with van der Waals surface area (Å²) in [6.07, 6.45) is 7.83. The third kappa shape index (κ3) is 5.84. The molecule has 0 amide bonds. The van der Waals surface area contributed by atoms with Crippen molar-refractivity contribution in [3.05, 3.63) is 0 Å². The maximum atomic E-state index is 9.33. The normalized spacial score (nSPS) is 18.3. The molecule has 0 aromatic heterocycles. The Morgan fingerprint density at radius 2 is 2.11 bits per heavy atom. The van der Waals surface area contributed by atoms with Gasteiger partial charge < -0.3 is 4.74 Å². The third-order valence-electron chi connectivity index (χ3n) is 3.79. The van der Waals surface area contributed by atoms with Crippen LogP contribution in [0, 0.1) is 17.2 Å². The van der Waals surface area contributed by atoms with Crippen LogP contribution in [0.15, 0.2) is 0 Å². The van der Waals surface area contributed by atoms with E-state index >= 15 is 0 Å². The second-order valence-electron chi connectivity index (χ2n) is 5.42. The first-order valence-electron chi connectivity index (χ1n) is 7.50. The fourth-order valence-corrected chi connectivity index (χ4v) is 2.16. The number of hydrogen-bond donors (Lipinski definition) is 1. The average Bonchev–Trinajstić information content (AvgIpc) is 3.22. The van der Waals surface area contributed by atoms with E-state index in [4.69, 9.17) is 4.74 Å². The molecule has 3 nitrogen and oxygen atoms in total. The lowest BCUT2D eigenvalue weighted by molar-refractivity contribution is 0.119. The predicted molar refractivity (Wildman–Crippen MR) is 74.3 cm³/mol. The maximum Gasteiger partial charge on any atom is 0.106 e. The van der Waals surface area contributed by atoms with E-state index in [1.54, 1.807) is 0 Å². The van der Waals surface area contributed by atoms with Crippen LogP contribution in [0.2, 0.25) is 0 Å². The van der Waals surface area contributed by atoms with Gasteiger partial charge >= 0.3 is 0 Å². The standard InChI is InChI=1S/C15H28N2O/c1-3-10-17-15(4-2,13-16)9-5-11-18-12-8-14-6-7-14/h14,17H,3-12H2,1-2H3. The van der Waals surface area contributed by atoms with Gasteiger partial charge in [-0.25, -0.2) is 0 Å². The van der Waals surface area contributed by atoms with Gasteiger partial charge in [0, 0.05) is 13.2 Å². The van der Waals surface area contributed by atoms with E-state index in [1.165, 1.54) is 19.3 Å². The predicted octanol–water partition coefficient (Wildman–Crippen LogP) is 3.26. The van der Waals surface area contributed by atoms with Crippen LogP contribution in [-0.4, -0.2) is 25.3 Å². The van der Waals surface area contributed by atoms with Gasteiger partial charge in [-0.05, 0) is 44.6 Å². The Morgan fingerprint density at radius 1 is 1.33 bits per heavy atom. The van der Waals surface area contributed by atoms with Crippen molar-refractivity contribution in [2.75, 3.05) is 19.8 Å². The molecule has 1 rings (SSSR count). The van der Waals surface area contributed by atoms with Crippen molar-refractivity contribution >= 4 is 0 Å². The lowest BCUT2D eigenvalue weighted by Gasteiger charge is -2.26. The highest BCUT2D eigenvalue weighted by Crippen LogP contribution is 2.32. The molecule has 104 valence electrons. The molecular formula is C15H28N2O. The molecule has 1 fully saturated rings. The molecule has 1 saturated carbocycles. The molecule has 3 heteroatoms. The highest BCUT2D eigenvalue weighted by Gasteiger charge is 2.26. The average molecular weight is 252 g/mol. The van der Waals surface area contributed by atoms with Gasteiger partial charge in [-0.3, -0.25) is 5.32 Å². The van der Waals surface area contributed by atoms with Crippen molar-refractivity contribution in [2.24, 2.45) is 5.92 Å². The molecule has 0 bridgehead atoms. The summed E-state index contributed by atoms with van der Waals surface area (Å²) in [6, 6.07) is 2.45. The number of hydrogen-bond acceptors (Lipinski definition) is 3. The summed E-state index contributed by atoms with van der Waals surface area (Å²) in [4.78, 5) is 0. The monoisotopic (exact) mass is 252 g/mol. The van der Waals surface area contributed by atoms with E-state index in [9.17, 15) is 5.26 Å². The molecule has 1 N–H and O–H groups in total. The molecule has 18 heavy (non-hydrogen) atoms. The summed E-state index contributed by atoms with van der Waals surface area (Å²) in [5.41, 5.74) is -0.337. The van der Waals surface area contributed by atoms with Crippen LogP contribution in [0.3, 0.4) is 0 Å². The van der Waals surface area contributed by atoms with Crippen LogP contribution in [0.5, 0.6) is 0 Å². The second kappa shape index (κ2) is 8.50. The van der Waals surface area contributed by atoms with E-state index in [2.05, 4.69) is 25.2 Å². The molecule has 0 radical (unpaired) electrons. The molecule has 0 aliphatic heterocycles. The lowest BCUT2D eigenvalue weighted by atomic mass is 9.92. The summed E-state index contributed by atoms with van der Waals surface area (Å²) in [5.74, 6) is 0.949. The Morgan fingerprint density at radius 3 is 2.67 bits per heavy atom. The number of ether oxygens (including phenoxy) is 1. The fraction of sp³-hybridized carbons (Fsp3) is 0.933. The van der Waals surface area contributed by atoms with Gasteiger partial charge in [0.1, 0.15) is 5.54 Å². The number of nitriles is 1. The van der Waals surface area contributed by atoms with E-state index in [-0.39, 0.29) is 5.54 Å². The van der Waals surface area contributed by atoms with E-state index in [0.717, 1.165) is 51.4 Å². The van der Waals surface area contributed by atoms with E-state index < -0.39 is 0 Å². The van der Waals surface area contributed by atoms with Crippen molar-refractivity contribution in [1.29, 1.82) is 5.26 Å². The Bertz CT molecular complexity index is 258. The quantitative estimate of drug-likeness (QED) is 0.574. The van der Waals surface area contributed by atoms with Crippen LogP contribution in [0.1, 0.15) is 58.8 Å². The van der Waals surface area contributed by atoms with Gasteiger partial charge in [0.25, 0.3) is 0 Å². The number of nitrogens with one attached hydrogen (secondary N) is 1. The first-order chi connectivity index (χ1) is 8.76. The molecule has 0 aromatic carbocycles. The molecule has 1 aliphatic carbocycles. The topological polar surface area (TPSA) is 45.0 Å². The van der Waals surface area contributed by atoms with Crippen molar-refractivity contribution in [2.45, 2.75) is 64.3 Å². The van der Waals surface area contributed by atoms with Gasteiger partial charge in [-0.15, -0.1) is 0 Å². The summed E-state index contributed by atoms with van der Waals surface area (Å²) in [5, 5.41) is 12.7. The van der Waals surface area contributed by atoms with Crippen LogP contribution in [0.25, 0.3) is 0 Å². The van der Waals surface area contributed by atoms with Crippen LogP contribution in [-0.2, 0) is 4.74 Å². The van der Waals surface area contributed by atoms with Crippen molar-refractivity contribution in [3.63, 3.8) is 0 Å². The largest absolute Gasteiger partial charge is 0.381 e. The van der Waals surface area contributed by atoms with Crippen molar-refractivity contribution in [3.8, 4) is 6.07 Å². The Labute approximate surface area is 112 Å². The molecule has 1 aliphatic rings. The molecule has 1 unspecified atom stereocenters. The van der Waals surface area contributed by atoms with Gasteiger partial charge in [0.15, 0.2) is 0 Å². The zero-order valence-electron chi connectivity index (χ0n) is 12.0. The van der Waals surface area contributed by atoms with E-state index in [0.29, 0.717) is 0 Å². The molecule has 0 aromatic rings. The Kier molecular flexibility index (Phi) is 7.31. The summed E-state index contributed by atoms with van der Waals surface area (Å²) in [7, 11) is 0. The smallest absolute Gasteiger partial charge is 0.106 e. The molecule has 1 atom stereocenters. The van der Waals surface area contributed by atoms with Crippen LogP contribution >= 0.6 is 0 Å². The maximum absolute atomic E-state index is 9.33. The minimum Gasteiger partial charge on any atom is -0.381 e. The summed E-state index contributed by atoms with van der Waals surface area (Å²) in [6.45, 7) is 6.83. The van der Waals surface area contributed by atoms with E-state index in [1.807, 2.05) is 0 Å². The molecule has 0 heterocycles. The van der Waals surface area contributed by atoms with Crippen molar-refractivity contribution in [1.82, 2.24) is 5.32 Å². The SMILES string of the molecule is CCCNC(C#N)(CC)CCCOCCC1CC1. The van der Waals surface area contributed by atoms with Crippen LogP contribution < -0.4 is 5.32 Å². The lowest BCUT2D eigenvalue weighted by Crippen LogP contribution is -2.44. The van der Waals surface area contributed by atoms with Gasteiger partial charge in [0.05, 0.1) is 6.07 Å². The van der Waals surface area contributed by atoms with Crippen LogP contribution in [0.4, 0.5) is 0 Å². The Balaban J connectivity index is 2.09. The molecular weight excluding hydrogens is 224 g/mol. The summed E-state index contributed by atoms with van der Waals surface area (Å²) < 4.78 is 5.64. The Hall–Kier alpha value is -0.590. The second-order valence-corrected chi connectivity index (χ2v) is 5.42.